The molecule has 0 radical (unpaired) electrons. The van der Waals surface area contributed by atoms with Crippen LogP contribution in [0.25, 0.3) is 0 Å². The van der Waals surface area contributed by atoms with Gasteiger partial charge in [0, 0.05) is 20.2 Å². The average Bonchev–Trinajstić information content (AvgIpc) is 2.51. The van der Waals surface area contributed by atoms with Gasteiger partial charge in [-0.25, -0.2) is 0 Å². The molecular formula is C9H12N2O. The maximum atomic E-state index is 5.00. The van der Waals surface area contributed by atoms with Crippen molar-refractivity contribution in [3.63, 3.8) is 0 Å². The topological polar surface area (TPSA) is 34.1 Å². The van der Waals surface area contributed by atoms with Crippen LogP contribution in [0.2, 0.25) is 0 Å². The Labute approximate surface area is 71.8 Å². The van der Waals surface area contributed by atoms with E-state index in [4.69, 9.17) is 4.74 Å². The lowest BCUT2D eigenvalue weighted by Gasteiger charge is -2.01. The van der Waals surface area contributed by atoms with Crippen molar-refractivity contribution in [2.75, 3.05) is 7.11 Å². The molecule has 0 saturated heterocycles. The zero-order chi connectivity index (χ0) is 8.39. The highest BCUT2D eigenvalue weighted by molar-refractivity contribution is 5.25. The zero-order valence-corrected chi connectivity index (χ0v) is 7.13. The highest BCUT2D eigenvalue weighted by Crippen LogP contribution is 2.13. The van der Waals surface area contributed by atoms with E-state index >= 15 is 0 Å². The quantitative estimate of drug-likeness (QED) is 0.703. The van der Waals surface area contributed by atoms with Crippen LogP contribution in [0.1, 0.15) is 17.0 Å². The molecule has 1 aliphatic rings. The first-order valence-electron chi connectivity index (χ1n) is 4.07. The zero-order valence-electron chi connectivity index (χ0n) is 7.13. The lowest BCUT2D eigenvalue weighted by atomic mass is 10.2. The third kappa shape index (κ3) is 1.33. The van der Waals surface area contributed by atoms with Crippen molar-refractivity contribution in [1.82, 2.24) is 10.3 Å². The number of methoxy groups -OCH3 is 1. The number of ether oxygens (including phenoxy) is 1. The summed E-state index contributed by atoms with van der Waals surface area (Å²) in [4.78, 5) is 4.46. The first-order chi connectivity index (χ1) is 5.90. The van der Waals surface area contributed by atoms with Gasteiger partial charge in [0.25, 0.3) is 0 Å². The highest BCUT2D eigenvalue weighted by atomic mass is 16.5. The number of nitrogens with one attached hydrogen (secondary N) is 1. The van der Waals surface area contributed by atoms with E-state index in [1.54, 1.807) is 7.11 Å². The van der Waals surface area contributed by atoms with Gasteiger partial charge in [0.15, 0.2) is 0 Å². The Bertz CT molecular complexity index is 286. The van der Waals surface area contributed by atoms with Gasteiger partial charge < -0.3 is 10.1 Å². The van der Waals surface area contributed by atoms with Crippen LogP contribution in [0.3, 0.4) is 0 Å². The fraction of sp³-hybridized carbons (Fsp3) is 0.444. The van der Waals surface area contributed by atoms with Crippen LogP contribution in [-0.2, 0) is 24.4 Å². The predicted molar refractivity (Wildman–Crippen MR) is 45.5 cm³/mol. The summed E-state index contributed by atoms with van der Waals surface area (Å²) >= 11 is 0. The molecule has 64 valence electrons. The van der Waals surface area contributed by atoms with Crippen LogP contribution in [-0.4, -0.2) is 12.1 Å². The Kier molecular flexibility index (Phi) is 2.06. The van der Waals surface area contributed by atoms with Gasteiger partial charge in [-0.3, -0.25) is 4.98 Å². The molecule has 0 spiro atoms. The second kappa shape index (κ2) is 3.21. The van der Waals surface area contributed by atoms with E-state index in [0.29, 0.717) is 6.61 Å². The molecule has 0 saturated carbocycles. The second-order valence-corrected chi connectivity index (χ2v) is 2.94. The minimum atomic E-state index is 0.604. The Morgan fingerprint density at radius 2 is 2.42 bits per heavy atom. The maximum absolute atomic E-state index is 5.00. The predicted octanol–water partition coefficient (Wildman–Crippen LogP) is 0.831. The van der Waals surface area contributed by atoms with Crippen LogP contribution in [0.4, 0.5) is 0 Å². The number of hydrogen-bond acceptors (Lipinski definition) is 3. The molecule has 0 aliphatic carbocycles. The Morgan fingerprint density at radius 3 is 3.25 bits per heavy atom. The van der Waals surface area contributed by atoms with E-state index in [0.717, 1.165) is 18.8 Å². The van der Waals surface area contributed by atoms with Crippen molar-refractivity contribution >= 4 is 0 Å². The average molecular weight is 164 g/mol. The number of nitrogens with zero attached hydrogens (tertiary/aromatic N) is 1. The second-order valence-electron chi connectivity index (χ2n) is 2.94. The monoisotopic (exact) mass is 164 g/mol. The molecule has 0 bridgehead atoms. The van der Waals surface area contributed by atoms with Gasteiger partial charge in [-0.1, -0.05) is 6.07 Å². The highest BCUT2D eigenvalue weighted by Gasteiger charge is 2.10. The van der Waals surface area contributed by atoms with E-state index in [2.05, 4.69) is 16.4 Å². The van der Waals surface area contributed by atoms with Crippen molar-refractivity contribution < 1.29 is 4.74 Å². The molecule has 1 N–H and O–H groups in total. The molecule has 12 heavy (non-hydrogen) atoms. The van der Waals surface area contributed by atoms with Crippen LogP contribution < -0.4 is 5.32 Å². The Balaban J connectivity index is 2.26. The van der Waals surface area contributed by atoms with Gasteiger partial charge in [-0.15, -0.1) is 0 Å². The van der Waals surface area contributed by atoms with Gasteiger partial charge in [-0.05, 0) is 11.6 Å². The molecule has 1 aromatic rings. The molecule has 0 aromatic carbocycles. The number of rotatable bonds is 2. The van der Waals surface area contributed by atoms with E-state index in [9.17, 15) is 0 Å². The van der Waals surface area contributed by atoms with Crippen molar-refractivity contribution in [3.05, 3.63) is 29.1 Å². The molecule has 2 rings (SSSR count). The molecular weight excluding hydrogens is 152 g/mol. The molecule has 2 heterocycles. The number of pyridine rings is 1. The van der Waals surface area contributed by atoms with Crippen LogP contribution in [0.5, 0.6) is 0 Å². The van der Waals surface area contributed by atoms with Crippen LogP contribution in [0, 0.1) is 0 Å². The molecule has 0 amide bonds. The summed E-state index contributed by atoms with van der Waals surface area (Å²) in [5, 5.41) is 3.25. The fourth-order valence-corrected chi connectivity index (χ4v) is 1.43. The van der Waals surface area contributed by atoms with Crippen molar-refractivity contribution in [2.24, 2.45) is 0 Å². The van der Waals surface area contributed by atoms with Crippen molar-refractivity contribution in [1.29, 1.82) is 0 Å². The number of aromatic nitrogens is 1. The third-order valence-corrected chi connectivity index (χ3v) is 2.03. The molecule has 1 aromatic heterocycles. The van der Waals surface area contributed by atoms with Gasteiger partial charge in [0.1, 0.15) is 0 Å². The summed E-state index contributed by atoms with van der Waals surface area (Å²) in [6, 6.07) is 4.14. The normalized spacial score (nSPS) is 14.8. The minimum absolute atomic E-state index is 0.604. The SMILES string of the molecule is COCc1ccc2c(n1)CNC2. The first-order valence-corrected chi connectivity index (χ1v) is 4.07. The van der Waals surface area contributed by atoms with E-state index in [-0.39, 0.29) is 0 Å². The Hall–Kier alpha value is -0.930. The number of hydrogen-bond donors (Lipinski definition) is 1. The molecule has 0 atom stereocenters. The lowest BCUT2D eigenvalue weighted by molar-refractivity contribution is 0.181. The van der Waals surface area contributed by atoms with Crippen LogP contribution in [0.15, 0.2) is 12.1 Å². The Morgan fingerprint density at radius 1 is 1.50 bits per heavy atom. The number of fused-ring (bicyclic) bond motifs is 1. The van der Waals surface area contributed by atoms with E-state index in [1.165, 1.54) is 11.3 Å². The van der Waals surface area contributed by atoms with Crippen LogP contribution >= 0.6 is 0 Å². The van der Waals surface area contributed by atoms with Crippen molar-refractivity contribution in [3.8, 4) is 0 Å². The van der Waals surface area contributed by atoms with E-state index in [1.807, 2.05) is 6.07 Å². The minimum Gasteiger partial charge on any atom is -0.378 e. The first kappa shape index (κ1) is 7.71. The smallest absolute Gasteiger partial charge is 0.0884 e. The summed E-state index contributed by atoms with van der Waals surface area (Å²) in [5.74, 6) is 0. The lowest BCUT2D eigenvalue weighted by Crippen LogP contribution is -2.01. The summed E-state index contributed by atoms with van der Waals surface area (Å²) in [6.07, 6.45) is 0. The summed E-state index contributed by atoms with van der Waals surface area (Å²) < 4.78 is 5.00. The maximum Gasteiger partial charge on any atom is 0.0884 e. The molecule has 1 aliphatic heterocycles. The summed E-state index contributed by atoms with van der Waals surface area (Å²) in [5.41, 5.74) is 3.50. The molecule has 0 fully saturated rings. The standard InChI is InChI=1S/C9H12N2O/c1-12-6-8-3-2-7-4-10-5-9(7)11-8/h2-3,10H,4-6H2,1H3. The fourth-order valence-electron chi connectivity index (χ4n) is 1.43. The van der Waals surface area contributed by atoms with Gasteiger partial charge in [0.2, 0.25) is 0 Å². The van der Waals surface area contributed by atoms with E-state index < -0.39 is 0 Å². The molecule has 3 nitrogen and oxygen atoms in total. The van der Waals surface area contributed by atoms with Crippen molar-refractivity contribution in [2.45, 2.75) is 19.7 Å². The summed E-state index contributed by atoms with van der Waals surface area (Å²) in [6.45, 7) is 2.45. The van der Waals surface area contributed by atoms with Gasteiger partial charge in [0.05, 0.1) is 18.0 Å². The molecule has 0 unspecified atom stereocenters. The van der Waals surface area contributed by atoms with Gasteiger partial charge in [-0.2, -0.15) is 0 Å². The third-order valence-electron chi connectivity index (χ3n) is 2.03. The molecule has 3 heteroatoms. The largest absolute Gasteiger partial charge is 0.378 e. The van der Waals surface area contributed by atoms with Gasteiger partial charge >= 0.3 is 0 Å². The summed E-state index contributed by atoms with van der Waals surface area (Å²) in [7, 11) is 1.69.